The maximum atomic E-state index is 12.1. The SMILES string of the molecule is CC(NC(=O)c1ccc[nH]c1=O)c1cc2ccccc2o1. The average molecular weight is 282 g/mol. The molecule has 0 radical (unpaired) electrons. The van der Waals surface area contributed by atoms with Gasteiger partial charge in [-0.15, -0.1) is 0 Å². The molecule has 2 N–H and O–H groups in total. The van der Waals surface area contributed by atoms with Gasteiger partial charge in [0.25, 0.3) is 11.5 Å². The monoisotopic (exact) mass is 282 g/mol. The molecule has 1 atom stereocenters. The molecule has 3 rings (SSSR count). The predicted octanol–water partition coefficient (Wildman–Crippen LogP) is 2.61. The van der Waals surface area contributed by atoms with Gasteiger partial charge in [0, 0.05) is 11.6 Å². The molecule has 0 spiro atoms. The normalized spacial score (nSPS) is 12.2. The molecule has 0 bridgehead atoms. The Morgan fingerprint density at radius 2 is 2.05 bits per heavy atom. The molecule has 2 aromatic heterocycles. The number of H-pyrrole nitrogens is 1. The molecule has 21 heavy (non-hydrogen) atoms. The van der Waals surface area contributed by atoms with Crippen LogP contribution < -0.4 is 10.9 Å². The van der Waals surface area contributed by atoms with Crippen LogP contribution in [0.25, 0.3) is 11.0 Å². The van der Waals surface area contributed by atoms with Crippen LogP contribution in [0.3, 0.4) is 0 Å². The van der Waals surface area contributed by atoms with Crippen LogP contribution in [0.2, 0.25) is 0 Å². The number of benzene rings is 1. The van der Waals surface area contributed by atoms with Gasteiger partial charge in [0.1, 0.15) is 16.9 Å². The van der Waals surface area contributed by atoms with Crippen molar-refractivity contribution < 1.29 is 9.21 Å². The fourth-order valence-corrected chi connectivity index (χ4v) is 2.16. The van der Waals surface area contributed by atoms with Gasteiger partial charge in [-0.2, -0.15) is 0 Å². The first kappa shape index (κ1) is 13.2. The Kier molecular flexibility index (Phi) is 3.31. The summed E-state index contributed by atoms with van der Waals surface area (Å²) in [5.74, 6) is 0.224. The highest BCUT2D eigenvalue weighted by Gasteiger charge is 2.16. The molecule has 0 aliphatic carbocycles. The van der Waals surface area contributed by atoms with E-state index < -0.39 is 11.5 Å². The van der Waals surface area contributed by atoms with Gasteiger partial charge in [-0.25, -0.2) is 0 Å². The Labute approximate surface area is 120 Å². The van der Waals surface area contributed by atoms with Crippen molar-refractivity contribution in [3.05, 3.63) is 70.3 Å². The maximum Gasteiger partial charge on any atom is 0.260 e. The molecule has 1 aromatic carbocycles. The van der Waals surface area contributed by atoms with Gasteiger partial charge >= 0.3 is 0 Å². The van der Waals surface area contributed by atoms with Crippen molar-refractivity contribution >= 4 is 16.9 Å². The second-order valence-corrected chi connectivity index (χ2v) is 4.79. The highest BCUT2D eigenvalue weighted by molar-refractivity contribution is 5.94. The quantitative estimate of drug-likeness (QED) is 0.775. The number of pyridine rings is 1. The number of para-hydroxylation sites is 1. The molecule has 2 heterocycles. The standard InChI is InChI=1S/C16H14N2O3/c1-10(14-9-11-5-2-3-7-13(11)21-14)18-16(20)12-6-4-8-17-15(12)19/h2-10H,1H3,(H,17,19)(H,18,20). The van der Waals surface area contributed by atoms with Crippen LogP contribution in [-0.4, -0.2) is 10.9 Å². The molecule has 0 aliphatic rings. The van der Waals surface area contributed by atoms with E-state index in [0.717, 1.165) is 11.0 Å². The molecular weight excluding hydrogens is 268 g/mol. The number of amides is 1. The van der Waals surface area contributed by atoms with E-state index in [2.05, 4.69) is 10.3 Å². The van der Waals surface area contributed by atoms with Crippen molar-refractivity contribution in [2.24, 2.45) is 0 Å². The van der Waals surface area contributed by atoms with Gasteiger partial charge in [0.2, 0.25) is 0 Å². The van der Waals surface area contributed by atoms with Crippen LogP contribution in [0.5, 0.6) is 0 Å². The predicted molar refractivity (Wildman–Crippen MR) is 79.2 cm³/mol. The number of aromatic amines is 1. The Morgan fingerprint density at radius 1 is 1.24 bits per heavy atom. The molecule has 5 nitrogen and oxygen atoms in total. The largest absolute Gasteiger partial charge is 0.459 e. The third-order valence-electron chi connectivity index (χ3n) is 3.28. The molecule has 0 saturated carbocycles. The van der Waals surface area contributed by atoms with E-state index >= 15 is 0 Å². The number of hydrogen-bond donors (Lipinski definition) is 2. The summed E-state index contributed by atoms with van der Waals surface area (Å²) < 4.78 is 5.70. The topological polar surface area (TPSA) is 75.1 Å². The van der Waals surface area contributed by atoms with Crippen LogP contribution in [0.15, 0.2) is 57.9 Å². The van der Waals surface area contributed by atoms with Gasteiger partial charge in [0.05, 0.1) is 6.04 Å². The van der Waals surface area contributed by atoms with E-state index in [9.17, 15) is 9.59 Å². The highest BCUT2D eigenvalue weighted by Crippen LogP contribution is 2.23. The van der Waals surface area contributed by atoms with Crippen molar-refractivity contribution in [3.63, 3.8) is 0 Å². The van der Waals surface area contributed by atoms with Crippen LogP contribution in [0, 0.1) is 0 Å². The average Bonchev–Trinajstić information content (AvgIpc) is 2.91. The molecule has 5 heteroatoms. The van der Waals surface area contributed by atoms with Gasteiger partial charge in [-0.1, -0.05) is 18.2 Å². The number of hydrogen-bond acceptors (Lipinski definition) is 3. The maximum absolute atomic E-state index is 12.1. The number of fused-ring (bicyclic) bond motifs is 1. The summed E-state index contributed by atoms with van der Waals surface area (Å²) in [6, 6.07) is 12.3. The van der Waals surface area contributed by atoms with E-state index in [1.807, 2.05) is 37.3 Å². The van der Waals surface area contributed by atoms with Gasteiger partial charge in [0.15, 0.2) is 0 Å². The summed E-state index contributed by atoms with van der Waals surface area (Å²) in [6.07, 6.45) is 1.49. The molecule has 3 aromatic rings. The zero-order valence-electron chi connectivity index (χ0n) is 11.4. The molecule has 1 unspecified atom stereocenters. The van der Waals surface area contributed by atoms with E-state index in [-0.39, 0.29) is 11.6 Å². The van der Waals surface area contributed by atoms with E-state index in [4.69, 9.17) is 4.42 Å². The number of furan rings is 1. The van der Waals surface area contributed by atoms with Gasteiger partial charge in [-0.05, 0) is 31.2 Å². The molecular formula is C16H14N2O3. The Balaban J connectivity index is 1.83. The Hall–Kier alpha value is -2.82. The lowest BCUT2D eigenvalue weighted by atomic mass is 10.2. The molecule has 0 saturated heterocycles. The summed E-state index contributed by atoms with van der Waals surface area (Å²) >= 11 is 0. The number of carbonyl (C=O) groups is 1. The molecule has 0 fully saturated rings. The highest BCUT2D eigenvalue weighted by atomic mass is 16.3. The first-order valence-electron chi connectivity index (χ1n) is 6.62. The number of rotatable bonds is 3. The first-order valence-corrected chi connectivity index (χ1v) is 6.62. The fourth-order valence-electron chi connectivity index (χ4n) is 2.16. The summed E-state index contributed by atoms with van der Waals surface area (Å²) in [4.78, 5) is 26.1. The van der Waals surface area contributed by atoms with Crippen molar-refractivity contribution in [2.75, 3.05) is 0 Å². The second-order valence-electron chi connectivity index (χ2n) is 4.79. The minimum atomic E-state index is -0.426. The third-order valence-corrected chi connectivity index (χ3v) is 3.28. The zero-order valence-corrected chi connectivity index (χ0v) is 11.4. The number of carbonyl (C=O) groups excluding carboxylic acids is 1. The van der Waals surface area contributed by atoms with Crippen LogP contribution in [0.1, 0.15) is 29.1 Å². The summed E-state index contributed by atoms with van der Waals surface area (Å²) in [6.45, 7) is 1.81. The van der Waals surface area contributed by atoms with Gasteiger partial charge in [-0.3, -0.25) is 9.59 Å². The Bertz CT molecular complexity index is 815. The molecule has 106 valence electrons. The minimum Gasteiger partial charge on any atom is -0.459 e. The van der Waals surface area contributed by atoms with E-state index in [1.165, 1.54) is 12.3 Å². The Morgan fingerprint density at radius 3 is 2.81 bits per heavy atom. The van der Waals surface area contributed by atoms with Crippen LogP contribution >= 0.6 is 0 Å². The van der Waals surface area contributed by atoms with Gasteiger partial charge < -0.3 is 14.7 Å². The van der Waals surface area contributed by atoms with Crippen molar-refractivity contribution in [1.82, 2.24) is 10.3 Å². The lowest BCUT2D eigenvalue weighted by Gasteiger charge is -2.10. The van der Waals surface area contributed by atoms with Crippen molar-refractivity contribution in [3.8, 4) is 0 Å². The van der Waals surface area contributed by atoms with Crippen LogP contribution in [-0.2, 0) is 0 Å². The van der Waals surface area contributed by atoms with Crippen LogP contribution in [0.4, 0.5) is 0 Å². The number of aromatic nitrogens is 1. The molecule has 0 aliphatic heterocycles. The fraction of sp³-hybridized carbons (Fsp3) is 0.125. The minimum absolute atomic E-state index is 0.0838. The number of nitrogens with one attached hydrogen (secondary N) is 2. The summed E-state index contributed by atoms with van der Waals surface area (Å²) in [5, 5.41) is 3.74. The van der Waals surface area contributed by atoms with E-state index in [1.54, 1.807) is 6.07 Å². The summed E-state index contributed by atoms with van der Waals surface area (Å²) in [7, 11) is 0. The zero-order chi connectivity index (χ0) is 14.8. The van der Waals surface area contributed by atoms with E-state index in [0.29, 0.717) is 5.76 Å². The third kappa shape index (κ3) is 2.58. The van der Waals surface area contributed by atoms with Crippen molar-refractivity contribution in [2.45, 2.75) is 13.0 Å². The van der Waals surface area contributed by atoms with Crippen molar-refractivity contribution in [1.29, 1.82) is 0 Å². The lowest BCUT2D eigenvalue weighted by molar-refractivity contribution is 0.0934. The molecule has 1 amide bonds. The first-order chi connectivity index (χ1) is 10.1. The lowest BCUT2D eigenvalue weighted by Crippen LogP contribution is -2.31. The smallest absolute Gasteiger partial charge is 0.260 e. The summed E-state index contributed by atoms with van der Waals surface area (Å²) in [5.41, 5.74) is 0.443. The second kappa shape index (κ2) is 5.28.